The van der Waals surface area contributed by atoms with Crippen LogP contribution in [0.25, 0.3) is 10.4 Å². The Morgan fingerprint density at radius 2 is 1.76 bits per heavy atom. The number of carbonyl (C=O) groups excluding carboxylic acids is 2. The van der Waals surface area contributed by atoms with Crippen molar-refractivity contribution in [1.29, 1.82) is 0 Å². The van der Waals surface area contributed by atoms with Gasteiger partial charge in [0.15, 0.2) is 0 Å². The number of esters is 1. The lowest BCUT2D eigenvalue weighted by atomic mass is 10.0. The lowest BCUT2D eigenvalue weighted by molar-refractivity contribution is -0.140. The SMILES string of the molecule is COC(=O)C(c1ccccc1-c1cccs1)S(=O)(=O)N(C)C(=O)OC. The van der Waals surface area contributed by atoms with Crippen LogP contribution in [0.4, 0.5) is 4.79 Å². The first-order chi connectivity index (χ1) is 11.8. The summed E-state index contributed by atoms with van der Waals surface area (Å²) >= 11 is 1.40. The van der Waals surface area contributed by atoms with E-state index in [0.29, 0.717) is 9.87 Å². The van der Waals surface area contributed by atoms with Gasteiger partial charge in [-0.25, -0.2) is 17.5 Å². The molecule has 0 aliphatic carbocycles. The molecule has 0 saturated heterocycles. The molecule has 134 valence electrons. The van der Waals surface area contributed by atoms with Crippen molar-refractivity contribution in [2.75, 3.05) is 21.3 Å². The Bertz CT molecular complexity index is 861. The molecule has 0 spiro atoms. The van der Waals surface area contributed by atoms with Crippen LogP contribution in [0.2, 0.25) is 0 Å². The van der Waals surface area contributed by atoms with E-state index in [0.717, 1.165) is 26.1 Å². The fourth-order valence-electron chi connectivity index (χ4n) is 2.29. The van der Waals surface area contributed by atoms with Crippen LogP contribution in [0.15, 0.2) is 41.8 Å². The maximum atomic E-state index is 12.9. The molecule has 9 heteroatoms. The summed E-state index contributed by atoms with van der Waals surface area (Å²) in [6, 6.07) is 10.2. The van der Waals surface area contributed by atoms with Gasteiger partial charge in [-0.2, -0.15) is 0 Å². The highest BCUT2D eigenvalue weighted by atomic mass is 32.2. The van der Waals surface area contributed by atoms with E-state index in [9.17, 15) is 18.0 Å². The van der Waals surface area contributed by atoms with Gasteiger partial charge in [0.25, 0.3) is 10.0 Å². The second kappa shape index (κ2) is 7.66. The molecule has 0 fully saturated rings. The molecule has 2 rings (SSSR count). The highest BCUT2D eigenvalue weighted by Crippen LogP contribution is 2.36. The number of hydrogen-bond acceptors (Lipinski definition) is 7. The first-order valence-corrected chi connectivity index (χ1v) is 9.49. The summed E-state index contributed by atoms with van der Waals surface area (Å²) in [7, 11) is -1.22. The van der Waals surface area contributed by atoms with E-state index < -0.39 is 27.3 Å². The smallest absolute Gasteiger partial charge is 0.423 e. The van der Waals surface area contributed by atoms with Crippen LogP contribution >= 0.6 is 11.3 Å². The van der Waals surface area contributed by atoms with Crippen LogP contribution in [0.3, 0.4) is 0 Å². The molecule has 0 aliphatic heterocycles. The van der Waals surface area contributed by atoms with Crippen molar-refractivity contribution in [3.05, 3.63) is 47.3 Å². The Labute approximate surface area is 149 Å². The zero-order valence-electron chi connectivity index (χ0n) is 13.8. The molecule has 0 N–H and O–H groups in total. The van der Waals surface area contributed by atoms with Gasteiger partial charge >= 0.3 is 12.1 Å². The fourth-order valence-corrected chi connectivity index (χ4v) is 4.53. The normalized spacial score (nSPS) is 12.3. The third-order valence-corrected chi connectivity index (χ3v) is 6.41. The molecule has 0 aliphatic rings. The quantitative estimate of drug-likeness (QED) is 0.738. The van der Waals surface area contributed by atoms with Gasteiger partial charge < -0.3 is 9.47 Å². The van der Waals surface area contributed by atoms with Crippen molar-refractivity contribution >= 4 is 33.4 Å². The minimum atomic E-state index is -4.40. The first kappa shape index (κ1) is 18.9. The monoisotopic (exact) mass is 383 g/mol. The molecular formula is C16H17NO6S2. The number of carbonyl (C=O) groups is 2. The standard InChI is InChI=1S/C16H17NO6S2/c1-17(16(19)23-3)25(20,21)14(15(18)22-2)12-8-5-4-7-11(12)13-9-6-10-24-13/h4-10,14H,1-3H3. The van der Waals surface area contributed by atoms with E-state index in [4.69, 9.17) is 4.74 Å². The highest BCUT2D eigenvalue weighted by Gasteiger charge is 2.42. The second-order valence-electron chi connectivity index (χ2n) is 4.95. The van der Waals surface area contributed by atoms with E-state index in [-0.39, 0.29) is 5.56 Å². The van der Waals surface area contributed by atoms with E-state index in [1.807, 2.05) is 17.5 Å². The van der Waals surface area contributed by atoms with Gasteiger partial charge in [-0.05, 0) is 22.6 Å². The average Bonchev–Trinajstić information content (AvgIpc) is 3.15. The van der Waals surface area contributed by atoms with Crippen molar-refractivity contribution in [1.82, 2.24) is 4.31 Å². The number of ether oxygens (including phenoxy) is 2. The van der Waals surface area contributed by atoms with Crippen LogP contribution in [-0.4, -0.2) is 46.1 Å². The summed E-state index contributed by atoms with van der Waals surface area (Å²) in [5, 5.41) is 0.147. The molecule has 1 atom stereocenters. The molecule has 1 unspecified atom stereocenters. The lowest BCUT2D eigenvalue weighted by Crippen LogP contribution is -2.39. The molecular weight excluding hydrogens is 366 g/mol. The van der Waals surface area contributed by atoms with Crippen molar-refractivity contribution < 1.29 is 27.5 Å². The average molecular weight is 383 g/mol. The van der Waals surface area contributed by atoms with Gasteiger partial charge in [0.1, 0.15) is 0 Å². The number of rotatable bonds is 5. The maximum Gasteiger partial charge on any atom is 0.423 e. The molecule has 2 aromatic rings. The molecule has 1 heterocycles. The van der Waals surface area contributed by atoms with Gasteiger partial charge in [-0.3, -0.25) is 4.79 Å². The summed E-state index contributed by atoms with van der Waals surface area (Å²) in [4.78, 5) is 24.8. The number of benzene rings is 1. The Morgan fingerprint density at radius 1 is 1.08 bits per heavy atom. The Balaban J connectivity index is 2.65. The predicted molar refractivity (Wildman–Crippen MR) is 93.6 cm³/mol. The second-order valence-corrected chi connectivity index (χ2v) is 7.95. The van der Waals surface area contributed by atoms with Crippen LogP contribution in [0.1, 0.15) is 10.8 Å². The number of hydrogen-bond donors (Lipinski definition) is 0. The van der Waals surface area contributed by atoms with Crippen LogP contribution in [-0.2, 0) is 24.3 Å². The largest absolute Gasteiger partial charge is 0.468 e. The topological polar surface area (TPSA) is 90.0 Å². The highest BCUT2D eigenvalue weighted by molar-refractivity contribution is 7.90. The van der Waals surface area contributed by atoms with Gasteiger partial charge in [-0.1, -0.05) is 30.3 Å². The lowest BCUT2D eigenvalue weighted by Gasteiger charge is -2.23. The summed E-state index contributed by atoms with van der Waals surface area (Å²) in [5.74, 6) is -0.986. The Morgan fingerprint density at radius 3 is 2.32 bits per heavy atom. The van der Waals surface area contributed by atoms with E-state index in [2.05, 4.69) is 4.74 Å². The molecule has 0 saturated carbocycles. The summed E-state index contributed by atoms with van der Waals surface area (Å²) in [5.41, 5.74) is 0.808. The number of methoxy groups -OCH3 is 2. The third kappa shape index (κ3) is 3.67. The number of thiophene rings is 1. The zero-order chi connectivity index (χ0) is 18.6. The number of amides is 1. The van der Waals surface area contributed by atoms with E-state index in [1.165, 1.54) is 17.4 Å². The van der Waals surface area contributed by atoms with Gasteiger partial charge in [0.2, 0.25) is 5.25 Å². The molecule has 1 aromatic carbocycles. The van der Waals surface area contributed by atoms with Crippen molar-refractivity contribution in [2.45, 2.75) is 5.25 Å². The fraction of sp³-hybridized carbons (Fsp3) is 0.250. The van der Waals surface area contributed by atoms with Crippen LogP contribution in [0.5, 0.6) is 0 Å². The van der Waals surface area contributed by atoms with Crippen LogP contribution in [0, 0.1) is 0 Å². The molecule has 1 aromatic heterocycles. The van der Waals surface area contributed by atoms with E-state index >= 15 is 0 Å². The van der Waals surface area contributed by atoms with Crippen LogP contribution < -0.4 is 0 Å². The number of nitrogens with zero attached hydrogens (tertiary/aromatic N) is 1. The predicted octanol–water partition coefficient (Wildman–Crippen LogP) is 2.66. The van der Waals surface area contributed by atoms with Crippen molar-refractivity contribution in [3.8, 4) is 10.4 Å². The third-order valence-electron chi connectivity index (χ3n) is 3.56. The molecule has 7 nitrogen and oxygen atoms in total. The van der Waals surface area contributed by atoms with Gasteiger partial charge in [0.05, 0.1) is 14.2 Å². The zero-order valence-corrected chi connectivity index (χ0v) is 15.5. The molecule has 0 bridgehead atoms. The van der Waals surface area contributed by atoms with Crippen molar-refractivity contribution in [2.24, 2.45) is 0 Å². The first-order valence-electron chi connectivity index (χ1n) is 7.11. The van der Waals surface area contributed by atoms with Gasteiger partial charge in [-0.15, -0.1) is 11.3 Å². The minimum Gasteiger partial charge on any atom is -0.468 e. The van der Waals surface area contributed by atoms with E-state index in [1.54, 1.807) is 18.2 Å². The summed E-state index contributed by atoms with van der Waals surface area (Å²) in [6.07, 6.45) is -1.09. The Kier molecular flexibility index (Phi) is 5.81. The summed E-state index contributed by atoms with van der Waals surface area (Å²) in [6.45, 7) is 0. The number of sulfonamides is 1. The molecule has 1 amide bonds. The Hall–Kier alpha value is -2.39. The summed E-state index contributed by atoms with van der Waals surface area (Å²) < 4.78 is 35.3. The molecule has 0 radical (unpaired) electrons. The maximum absolute atomic E-state index is 12.9. The molecule has 25 heavy (non-hydrogen) atoms. The van der Waals surface area contributed by atoms with Crippen molar-refractivity contribution in [3.63, 3.8) is 0 Å². The van der Waals surface area contributed by atoms with Gasteiger partial charge in [0, 0.05) is 11.9 Å². The minimum absolute atomic E-state index is 0.229.